The quantitative estimate of drug-likeness (QED) is 0.253. The zero-order valence-electron chi connectivity index (χ0n) is 20.2. The summed E-state index contributed by atoms with van der Waals surface area (Å²) in [5, 5.41) is 9.36. The van der Waals surface area contributed by atoms with Crippen LogP contribution in [0.15, 0.2) is 41.3 Å². The highest BCUT2D eigenvalue weighted by molar-refractivity contribution is 5.87. The number of ether oxygens (including phenoxy) is 3. The maximum absolute atomic E-state index is 11.8. The Hall–Kier alpha value is -4.26. The van der Waals surface area contributed by atoms with Gasteiger partial charge in [-0.2, -0.15) is 4.98 Å². The second kappa shape index (κ2) is 9.77. The molecule has 2 aliphatic rings. The molecule has 188 valence electrons. The number of carbonyl (C=O) groups excluding carboxylic acids is 1. The molecule has 0 bridgehead atoms. The fourth-order valence-corrected chi connectivity index (χ4v) is 4.48. The molecule has 4 heterocycles. The van der Waals surface area contributed by atoms with Crippen molar-refractivity contribution < 1.29 is 19.0 Å². The number of hydrogen-bond donors (Lipinski definition) is 3. The first-order chi connectivity index (χ1) is 17.5. The van der Waals surface area contributed by atoms with E-state index in [9.17, 15) is 4.79 Å². The minimum Gasteiger partial charge on any atom is -0.486 e. The minimum atomic E-state index is -0.715. The molecule has 2 aliphatic heterocycles. The molecule has 1 saturated heterocycles. The Balaban J connectivity index is 1.63. The van der Waals surface area contributed by atoms with E-state index in [0.29, 0.717) is 49.0 Å². The van der Waals surface area contributed by atoms with Crippen LogP contribution >= 0.6 is 0 Å². The van der Waals surface area contributed by atoms with Crippen LogP contribution in [-0.4, -0.2) is 71.6 Å². The van der Waals surface area contributed by atoms with Gasteiger partial charge in [0.25, 0.3) is 0 Å². The fourth-order valence-electron chi connectivity index (χ4n) is 4.48. The number of anilines is 2. The molecule has 0 radical (unpaired) electrons. The Kier molecular flexibility index (Phi) is 6.38. The monoisotopic (exact) mass is 493 g/mol. The highest BCUT2D eigenvalue weighted by atomic mass is 16.5. The molecule has 3 aromatic rings. The third-order valence-electron chi connectivity index (χ3n) is 6.12. The number of aromatic nitrogens is 4. The van der Waals surface area contributed by atoms with E-state index in [-0.39, 0.29) is 24.3 Å². The molecule has 13 heteroatoms. The summed E-state index contributed by atoms with van der Waals surface area (Å²) in [6, 6.07) is 7.88. The first-order valence-electron chi connectivity index (χ1n) is 11.5. The van der Waals surface area contributed by atoms with Crippen LogP contribution in [0.25, 0.3) is 17.0 Å². The molecule has 5 rings (SSSR count). The van der Waals surface area contributed by atoms with Gasteiger partial charge in [0, 0.05) is 13.2 Å². The number of methoxy groups -OCH3 is 1. The molecule has 1 aromatic carbocycles. The molecule has 0 aliphatic carbocycles. The number of esters is 1. The molecule has 2 atom stereocenters. The van der Waals surface area contributed by atoms with Crippen LogP contribution in [-0.2, 0) is 20.8 Å². The summed E-state index contributed by atoms with van der Waals surface area (Å²) in [5.41, 5.74) is 9.30. The number of hydrogen-bond acceptors (Lipinski definition) is 12. The Labute approximate surface area is 207 Å². The van der Waals surface area contributed by atoms with E-state index >= 15 is 0 Å². The molecule has 13 nitrogen and oxygen atoms in total. The van der Waals surface area contributed by atoms with E-state index in [4.69, 9.17) is 25.0 Å². The second-order valence-electron chi connectivity index (χ2n) is 8.41. The zero-order valence-corrected chi connectivity index (χ0v) is 20.2. The number of carbonyl (C=O) groups is 1. The molecular formula is C23H27N9O4. The summed E-state index contributed by atoms with van der Waals surface area (Å²) in [6.07, 6.45) is 1.32. The number of rotatable bonds is 7. The van der Waals surface area contributed by atoms with Crippen molar-refractivity contribution in [2.75, 3.05) is 44.2 Å². The van der Waals surface area contributed by atoms with E-state index in [2.05, 4.69) is 37.3 Å². The van der Waals surface area contributed by atoms with E-state index in [1.807, 2.05) is 28.8 Å². The minimum absolute atomic E-state index is 0.0287. The number of benzene rings is 1. The van der Waals surface area contributed by atoms with Gasteiger partial charge in [0.2, 0.25) is 11.9 Å². The summed E-state index contributed by atoms with van der Waals surface area (Å²) in [5.74, 6) is 1.54. The summed E-state index contributed by atoms with van der Waals surface area (Å²) in [4.78, 5) is 28.5. The number of para-hydroxylation sites is 2. The van der Waals surface area contributed by atoms with Crippen molar-refractivity contribution >= 4 is 28.8 Å². The standard InChI is InChI=1S/C23H27N9O4/c1-13-10-35-11-14-12-36-19-16(8-26-9-17(30-24)21(33)34-3)28-23(29-20(19)31(13)14)32-18-7-5-4-6-15(18)27-22(32)25-2/h4-7,9,13-14,24,26H,8,10-12H2,1-3H3,(H,25,27)/b17-9-,30-24?/t13-,14+/m1/s1. The number of morpholine rings is 1. The average molecular weight is 494 g/mol. The lowest BCUT2D eigenvalue weighted by atomic mass is 10.1. The summed E-state index contributed by atoms with van der Waals surface area (Å²) in [6.45, 7) is 3.85. The molecule has 1 fully saturated rings. The molecule has 0 amide bonds. The molecule has 0 unspecified atom stereocenters. The highest BCUT2D eigenvalue weighted by Crippen LogP contribution is 2.38. The molecule has 0 spiro atoms. The van der Waals surface area contributed by atoms with Crippen molar-refractivity contribution in [3.05, 3.63) is 41.9 Å². The maximum Gasteiger partial charge on any atom is 0.360 e. The Morgan fingerprint density at radius 1 is 1.28 bits per heavy atom. The van der Waals surface area contributed by atoms with Gasteiger partial charge in [0.05, 0.1) is 50.0 Å². The molecule has 0 saturated carbocycles. The van der Waals surface area contributed by atoms with Gasteiger partial charge in [0.1, 0.15) is 12.3 Å². The Morgan fingerprint density at radius 3 is 2.89 bits per heavy atom. The number of fused-ring (bicyclic) bond motifs is 4. The highest BCUT2D eigenvalue weighted by Gasteiger charge is 2.38. The topological polar surface area (TPSA) is 152 Å². The van der Waals surface area contributed by atoms with Crippen molar-refractivity contribution in [1.82, 2.24) is 24.8 Å². The Morgan fingerprint density at radius 2 is 2.11 bits per heavy atom. The first-order valence-corrected chi connectivity index (χ1v) is 11.5. The van der Waals surface area contributed by atoms with Crippen LogP contribution in [0.4, 0.5) is 11.8 Å². The maximum atomic E-state index is 11.8. The van der Waals surface area contributed by atoms with E-state index in [1.54, 1.807) is 7.05 Å². The third-order valence-corrected chi connectivity index (χ3v) is 6.12. The molecule has 2 aromatic heterocycles. The number of nitrogens with zero attached hydrogens (tertiary/aromatic N) is 6. The van der Waals surface area contributed by atoms with Gasteiger partial charge in [-0.05, 0) is 19.1 Å². The molecule has 36 heavy (non-hydrogen) atoms. The Bertz CT molecular complexity index is 1340. The number of imidazole rings is 1. The normalized spacial score (nSPS) is 19.2. The van der Waals surface area contributed by atoms with Crippen LogP contribution in [0, 0.1) is 5.53 Å². The molecule has 3 N–H and O–H groups in total. The van der Waals surface area contributed by atoms with Gasteiger partial charge in [-0.1, -0.05) is 12.1 Å². The van der Waals surface area contributed by atoms with Crippen LogP contribution in [0.3, 0.4) is 0 Å². The van der Waals surface area contributed by atoms with Gasteiger partial charge >= 0.3 is 5.97 Å². The van der Waals surface area contributed by atoms with Crippen molar-refractivity contribution in [2.24, 2.45) is 5.11 Å². The van der Waals surface area contributed by atoms with E-state index < -0.39 is 5.97 Å². The van der Waals surface area contributed by atoms with Crippen molar-refractivity contribution in [3.63, 3.8) is 0 Å². The van der Waals surface area contributed by atoms with Crippen molar-refractivity contribution in [3.8, 4) is 11.7 Å². The van der Waals surface area contributed by atoms with Crippen LogP contribution in [0.5, 0.6) is 5.75 Å². The summed E-state index contributed by atoms with van der Waals surface area (Å²) < 4.78 is 18.4. The largest absolute Gasteiger partial charge is 0.486 e. The lowest BCUT2D eigenvalue weighted by Gasteiger charge is -2.44. The van der Waals surface area contributed by atoms with E-state index in [0.717, 1.165) is 11.0 Å². The predicted molar refractivity (Wildman–Crippen MR) is 130 cm³/mol. The van der Waals surface area contributed by atoms with Gasteiger partial charge in [-0.25, -0.2) is 24.9 Å². The van der Waals surface area contributed by atoms with Gasteiger partial charge in [0.15, 0.2) is 17.3 Å². The van der Waals surface area contributed by atoms with Crippen molar-refractivity contribution in [1.29, 1.82) is 5.53 Å². The second-order valence-corrected chi connectivity index (χ2v) is 8.41. The number of nitrogens with one attached hydrogen (secondary N) is 3. The summed E-state index contributed by atoms with van der Waals surface area (Å²) in [7, 11) is 3.03. The third kappa shape index (κ3) is 4.06. The fraction of sp³-hybridized carbons (Fsp3) is 0.391. The van der Waals surface area contributed by atoms with Crippen LogP contribution in [0.1, 0.15) is 12.6 Å². The smallest absolute Gasteiger partial charge is 0.360 e. The van der Waals surface area contributed by atoms with Crippen molar-refractivity contribution in [2.45, 2.75) is 25.6 Å². The lowest BCUT2D eigenvalue weighted by Crippen LogP contribution is -2.56. The SMILES string of the molecule is CNc1nc2ccccc2n1-c1nc(CN/C=C(\N=N)C(=O)OC)c2c(n1)N1[C@@H](COC[C@H]1C)CO2. The average Bonchev–Trinajstić information content (AvgIpc) is 3.29. The molecular weight excluding hydrogens is 466 g/mol. The zero-order chi connectivity index (χ0) is 25.2. The van der Waals surface area contributed by atoms with Gasteiger partial charge < -0.3 is 29.7 Å². The predicted octanol–water partition coefficient (Wildman–Crippen LogP) is 1.98. The first kappa shape index (κ1) is 23.5. The van der Waals surface area contributed by atoms with Crippen LogP contribution in [0.2, 0.25) is 0 Å². The van der Waals surface area contributed by atoms with Gasteiger partial charge in [-0.3, -0.25) is 0 Å². The lowest BCUT2D eigenvalue weighted by molar-refractivity contribution is -0.136. The van der Waals surface area contributed by atoms with Gasteiger partial charge in [-0.15, -0.1) is 5.11 Å². The van der Waals surface area contributed by atoms with Crippen LogP contribution < -0.4 is 20.3 Å². The summed E-state index contributed by atoms with van der Waals surface area (Å²) >= 11 is 0. The van der Waals surface area contributed by atoms with E-state index in [1.165, 1.54) is 13.3 Å².